The number of benzene rings is 2. The summed E-state index contributed by atoms with van der Waals surface area (Å²) in [7, 11) is 0. The van der Waals surface area contributed by atoms with Crippen molar-refractivity contribution in [2.45, 2.75) is 50.5 Å². The van der Waals surface area contributed by atoms with Crippen LogP contribution in [0.15, 0.2) is 53.5 Å². The summed E-state index contributed by atoms with van der Waals surface area (Å²) >= 11 is 0. The van der Waals surface area contributed by atoms with Crippen LogP contribution in [0.25, 0.3) is 0 Å². The Morgan fingerprint density at radius 3 is 2.48 bits per heavy atom. The number of ether oxygens (including phenoxy) is 1. The number of alkyl halides is 2. The summed E-state index contributed by atoms with van der Waals surface area (Å²) < 4.78 is 77.7. The minimum absolute atomic E-state index is 0.0573. The van der Waals surface area contributed by atoms with Gasteiger partial charge in [-0.05, 0) is 17.9 Å². The van der Waals surface area contributed by atoms with E-state index in [0.29, 0.717) is 17.7 Å². The van der Waals surface area contributed by atoms with Crippen molar-refractivity contribution in [3.05, 3.63) is 98.7 Å². The predicted molar refractivity (Wildman–Crippen MR) is 130 cm³/mol. The minimum Gasteiger partial charge on any atom is -0.483 e. The third kappa shape index (κ3) is 4.22. The molecule has 0 spiro atoms. The predicted octanol–water partition coefficient (Wildman–Crippen LogP) is 4.03. The number of fused-ring (bicyclic) bond motifs is 6. The van der Waals surface area contributed by atoms with Crippen molar-refractivity contribution in [3.63, 3.8) is 0 Å². The summed E-state index contributed by atoms with van der Waals surface area (Å²) in [5.74, 6) is -9.34. The van der Waals surface area contributed by atoms with Crippen molar-refractivity contribution >= 4 is 11.8 Å². The molecule has 1 N–H and O–H groups in total. The smallest absolute Gasteiger partial charge is 0.275 e. The first-order valence-corrected chi connectivity index (χ1v) is 12.6. The van der Waals surface area contributed by atoms with Gasteiger partial charge in [0.25, 0.3) is 17.7 Å². The number of carbonyl (C=O) groups is 2. The van der Waals surface area contributed by atoms with Crippen molar-refractivity contribution < 1.29 is 36.3 Å². The molecule has 2 aromatic carbocycles. The van der Waals surface area contributed by atoms with E-state index in [4.69, 9.17) is 4.74 Å². The first-order valence-electron chi connectivity index (χ1n) is 12.6. The van der Waals surface area contributed by atoms with E-state index >= 15 is 0 Å². The van der Waals surface area contributed by atoms with Crippen molar-refractivity contribution in [3.8, 4) is 5.75 Å². The maximum Gasteiger partial charge on any atom is 0.275 e. The Hall–Kier alpha value is -4.22. The summed E-state index contributed by atoms with van der Waals surface area (Å²) in [5, 5.41) is 2.26. The third-order valence-corrected chi connectivity index (χ3v) is 7.85. The van der Waals surface area contributed by atoms with E-state index < -0.39 is 82.0 Å². The Morgan fingerprint density at radius 2 is 1.77 bits per heavy atom. The molecule has 2 amide bonds. The molecule has 12 heteroatoms. The SMILES string of the molecule is O=C(NCc1c(F)cc(F)cc1F)c1cn2c(c(OCc3ccccc3)c1=O)C(=O)N1[C@H](C2)C2C[C@@H]1C(F)(F)C2. The zero-order valence-electron chi connectivity index (χ0n) is 20.8. The third-order valence-electron chi connectivity index (χ3n) is 7.85. The lowest BCUT2D eigenvalue weighted by atomic mass is 9.94. The Morgan fingerprint density at radius 1 is 1.07 bits per heavy atom. The Kier molecular flexibility index (Phi) is 6.15. The average Bonchev–Trinajstić information content (AvgIpc) is 3.42. The molecule has 3 heterocycles. The Labute approximate surface area is 224 Å². The van der Waals surface area contributed by atoms with Crippen molar-refractivity contribution in [2.75, 3.05) is 0 Å². The van der Waals surface area contributed by atoms with Crippen LogP contribution < -0.4 is 15.5 Å². The van der Waals surface area contributed by atoms with Gasteiger partial charge in [0.05, 0.1) is 12.1 Å². The zero-order valence-corrected chi connectivity index (χ0v) is 20.8. The number of piperidine rings is 1. The molecule has 0 radical (unpaired) electrons. The molecular formula is C28H22F5N3O4. The molecule has 2 fully saturated rings. The Balaban J connectivity index is 1.37. The monoisotopic (exact) mass is 559 g/mol. The van der Waals surface area contributed by atoms with Gasteiger partial charge in [0.1, 0.15) is 29.6 Å². The minimum atomic E-state index is -3.05. The summed E-state index contributed by atoms with van der Waals surface area (Å²) in [6, 6.07) is 7.75. The average molecular weight is 559 g/mol. The highest BCUT2D eigenvalue weighted by molar-refractivity contribution is 5.99. The first-order chi connectivity index (χ1) is 19.0. The molecule has 1 aliphatic carbocycles. The number of aromatic nitrogens is 1. The van der Waals surface area contributed by atoms with Crippen molar-refractivity contribution in [1.29, 1.82) is 0 Å². The van der Waals surface area contributed by atoms with E-state index in [1.165, 1.54) is 4.57 Å². The van der Waals surface area contributed by atoms with E-state index in [0.717, 1.165) is 11.1 Å². The summed E-state index contributed by atoms with van der Waals surface area (Å²) in [6.45, 7) is -0.785. The molecule has 1 aromatic heterocycles. The lowest BCUT2D eigenvalue weighted by Gasteiger charge is -2.43. The van der Waals surface area contributed by atoms with Crippen LogP contribution in [-0.2, 0) is 19.7 Å². The standard InChI is InChI=1S/C28H22F5N3O4/c29-16-7-19(30)17(20(31)8-16)10-34-26(38)18-11-35-12-21-15-6-22(28(32,33)9-15)36(21)27(39)23(35)25(24(18)37)40-13-14-4-2-1-3-5-14/h1-5,7-8,11,15,21-22H,6,9-10,12-13H2,(H,34,38)/t15?,21-,22-/m1/s1. The van der Waals surface area contributed by atoms with Gasteiger partial charge in [-0.25, -0.2) is 22.0 Å². The molecule has 1 saturated heterocycles. The van der Waals surface area contributed by atoms with Crippen LogP contribution in [0.4, 0.5) is 22.0 Å². The second kappa shape index (κ2) is 9.46. The number of hydrogen-bond acceptors (Lipinski definition) is 4. The number of nitrogens with one attached hydrogen (secondary N) is 1. The lowest BCUT2D eigenvalue weighted by Crippen LogP contribution is -2.58. The number of carbonyl (C=O) groups excluding carboxylic acids is 2. The maximum absolute atomic E-state index is 14.6. The van der Waals surface area contributed by atoms with E-state index in [9.17, 15) is 36.3 Å². The van der Waals surface area contributed by atoms with Gasteiger partial charge >= 0.3 is 0 Å². The second-order valence-electron chi connectivity index (χ2n) is 10.3. The van der Waals surface area contributed by atoms with Crippen molar-refractivity contribution in [2.24, 2.45) is 5.92 Å². The molecule has 7 nitrogen and oxygen atoms in total. The highest BCUT2D eigenvalue weighted by Gasteiger charge is 2.64. The van der Waals surface area contributed by atoms with Crippen LogP contribution >= 0.6 is 0 Å². The molecule has 1 saturated carbocycles. The molecule has 3 atom stereocenters. The quantitative estimate of drug-likeness (QED) is 0.463. The molecule has 3 aromatic rings. The van der Waals surface area contributed by atoms with Gasteiger partial charge in [-0.15, -0.1) is 0 Å². The van der Waals surface area contributed by atoms with Gasteiger partial charge in [0.15, 0.2) is 11.4 Å². The van der Waals surface area contributed by atoms with E-state index in [1.807, 2.05) is 0 Å². The maximum atomic E-state index is 14.6. The van der Waals surface area contributed by atoms with Crippen molar-refractivity contribution in [1.82, 2.24) is 14.8 Å². The molecule has 3 aliphatic rings. The summed E-state index contributed by atoms with van der Waals surface area (Å²) in [4.78, 5) is 41.3. The molecule has 1 unspecified atom stereocenters. The van der Waals surface area contributed by atoms with Gasteiger partial charge in [-0.1, -0.05) is 30.3 Å². The lowest BCUT2D eigenvalue weighted by molar-refractivity contribution is -0.0871. The number of amides is 2. The van der Waals surface area contributed by atoms with Crippen LogP contribution in [0, 0.1) is 23.4 Å². The van der Waals surface area contributed by atoms with Crippen LogP contribution in [0.1, 0.15) is 44.8 Å². The number of nitrogens with zero attached hydrogens (tertiary/aromatic N) is 2. The highest BCUT2D eigenvalue weighted by atomic mass is 19.3. The van der Waals surface area contributed by atoms with Gasteiger partial charge in [0, 0.05) is 43.4 Å². The number of rotatable bonds is 6. The fraction of sp³-hybridized carbons (Fsp3) is 0.321. The number of pyridine rings is 1. The number of halogens is 5. The molecular weight excluding hydrogens is 537 g/mol. The van der Waals surface area contributed by atoms with Crippen LogP contribution in [0.2, 0.25) is 0 Å². The molecule has 40 heavy (non-hydrogen) atoms. The second-order valence-corrected chi connectivity index (χ2v) is 10.3. The topological polar surface area (TPSA) is 80.6 Å². The van der Waals surface area contributed by atoms with Gasteiger partial charge in [-0.3, -0.25) is 14.4 Å². The summed E-state index contributed by atoms with van der Waals surface area (Å²) in [5.41, 5.74) is -1.66. The number of hydrogen-bond donors (Lipinski definition) is 1. The first kappa shape index (κ1) is 26.0. The normalized spacial score (nSPS) is 22.2. The van der Waals surface area contributed by atoms with Gasteiger partial charge in [-0.2, -0.15) is 0 Å². The fourth-order valence-corrected chi connectivity index (χ4v) is 5.98. The van der Waals surface area contributed by atoms with E-state index in [2.05, 4.69) is 5.32 Å². The zero-order chi connectivity index (χ0) is 28.3. The highest BCUT2D eigenvalue weighted by Crippen LogP contribution is 2.53. The van der Waals surface area contributed by atoms with E-state index in [-0.39, 0.29) is 31.7 Å². The van der Waals surface area contributed by atoms with Crippen LogP contribution in [0.3, 0.4) is 0 Å². The Bertz CT molecular complexity index is 1570. The molecule has 2 bridgehead atoms. The molecule has 6 rings (SSSR count). The van der Waals surface area contributed by atoms with Crippen LogP contribution in [0.5, 0.6) is 5.75 Å². The van der Waals surface area contributed by atoms with Gasteiger partial charge in [0.2, 0.25) is 5.43 Å². The van der Waals surface area contributed by atoms with E-state index in [1.54, 1.807) is 30.3 Å². The van der Waals surface area contributed by atoms with Crippen LogP contribution in [-0.4, -0.2) is 39.3 Å². The van der Waals surface area contributed by atoms with Gasteiger partial charge < -0.3 is 19.5 Å². The fourth-order valence-electron chi connectivity index (χ4n) is 5.98. The summed E-state index contributed by atoms with van der Waals surface area (Å²) in [6.07, 6.45) is 0.908. The largest absolute Gasteiger partial charge is 0.483 e. The molecule has 208 valence electrons. The molecule has 2 aliphatic heterocycles.